The van der Waals surface area contributed by atoms with Crippen LogP contribution in [0, 0.1) is 5.82 Å². The SMILES string of the molecule is CC(N)c1cccc2cc(F)ccc12. The largest absolute Gasteiger partial charge is 0.324 e. The van der Waals surface area contributed by atoms with E-state index in [1.807, 2.05) is 25.1 Å². The van der Waals surface area contributed by atoms with Crippen molar-refractivity contribution in [3.05, 3.63) is 47.8 Å². The smallest absolute Gasteiger partial charge is 0.123 e. The number of halogens is 1. The Morgan fingerprint density at radius 1 is 1.21 bits per heavy atom. The first-order valence-electron chi connectivity index (χ1n) is 4.62. The van der Waals surface area contributed by atoms with Gasteiger partial charge in [0.05, 0.1) is 0 Å². The van der Waals surface area contributed by atoms with E-state index in [4.69, 9.17) is 5.73 Å². The summed E-state index contributed by atoms with van der Waals surface area (Å²) in [4.78, 5) is 0. The van der Waals surface area contributed by atoms with E-state index in [1.54, 1.807) is 6.07 Å². The molecule has 72 valence electrons. The molecule has 0 heterocycles. The Balaban J connectivity index is 2.75. The van der Waals surface area contributed by atoms with E-state index in [9.17, 15) is 4.39 Å². The third-order valence-corrected chi connectivity index (χ3v) is 2.37. The molecule has 0 bridgehead atoms. The van der Waals surface area contributed by atoms with Crippen LogP contribution < -0.4 is 5.73 Å². The Kier molecular flexibility index (Phi) is 2.22. The molecule has 0 aliphatic heterocycles. The van der Waals surface area contributed by atoms with Crippen LogP contribution in [0.25, 0.3) is 10.8 Å². The number of fused-ring (bicyclic) bond motifs is 1. The van der Waals surface area contributed by atoms with E-state index >= 15 is 0 Å². The summed E-state index contributed by atoms with van der Waals surface area (Å²) in [5.41, 5.74) is 6.88. The molecule has 2 aromatic carbocycles. The van der Waals surface area contributed by atoms with Crippen molar-refractivity contribution in [2.75, 3.05) is 0 Å². The van der Waals surface area contributed by atoms with E-state index < -0.39 is 0 Å². The molecule has 1 nitrogen and oxygen atoms in total. The third-order valence-electron chi connectivity index (χ3n) is 2.37. The van der Waals surface area contributed by atoms with Crippen molar-refractivity contribution in [3.63, 3.8) is 0 Å². The van der Waals surface area contributed by atoms with Crippen LogP contribution >= 0.6 is 0 Å². The Hall–Kier alpha value is -1.41. The Morgan fingerprint density at radius 3 is 2.71 bits per heavy atom. The molecule has 0 saturated heterocycles. The van der Waals surface area contributed by atoms with Gasteiger partial charge in [-0.1, -0.05) is 24.3 Å². The molecule has 1 atom stereocenters. The molecule has 2 aromatic rings. The second-order valence-electron chi connectivity index (χ2n) is 3.50. The zero-order valence-electron chi connectivity index (χ0n) is 8.00. The van der Waals surface area contributed by atoms with Gasteiger partial charge in [-0.2, -0.15) is 0 Å². The molecule has 14 heavy (non-hydrogen) atoms. The summed E-state index contributed by atoms with van der Waals surface area (Å²) in [6, 6.07) is 10.5. The van der Waals surface area contributed by atoms with Gasteiger partial charge < -0.3 is 5.73 Å². The molecule has 0 spiro atoms. The molecule has 2 N–H and O–H groups in total. The van der Waals surface area contributed by atoms with E-state index in [0.717, 1.165) is 16.3 Å². The van der Waals surface area contributed by atoms with Gasteiger partial charge >= 0.3 is 0 Å². The van der Waals surface area contributed by atoms with E-state index in [-0.39, 0.29) is 11.9 Å². The first-order valence-corrected chi connectivity index (χ1v) is 4.62. The molecular formula is C12H12FN. The summed E-state index contributed by atoms with van der Waals surface area (Å²) in [5, 5.41) is 1.93. The number of hydrogen-bond acceptors (Lipinski definition) is 1. The minimum Gasteiger partial charge on any atom is -0.324 e. The van der Waals surface area contributed by atoms with E-state index in [1.165, 1.54) is 12.1 Å². The fourth-order valence-electron chi connectivity index (χ4n) is 1.68. The number of benzene rings is 2. The molecule has 2 heteroatoms. The van der Waals surface area contributed by atoms with Crippen molar-refractivity contribution < 1.29 is 4.39 Å². The van der Waals surface area contributed by atoms with Crippen molar-refractivity contribution >= 4 is 10.8 Å². The van der Waals surface area contributed by atoms with Crippen LogP contribution in [0.3, 0.4) is 0 Å². The van der Waals surface area contributed by atoms with Gasteiger partial charge in [-0.05, 0) is 35.4 Å². The average Bonchev–Trinajstić information content (AvgIpc) is 2.16. The predicted molar refractivity (Wildman–Crippen MR) is 56.5 cm³/mol. The molecule has 0 fully saturated rings. The second-order valence-corrected chi connectivity index (χ2v) is 3.50. The number of nitrogens with two attached hydrogens (primary N) is 1. The van der Waals surface area contributed by atoms with E-state index in [2.05, 4.69) is 0 Å². The highest BCUT2D eigenvalue weighted by Gasteiger charge is 2.04. The maximum absolute atomic E-state index is 12.9. The Bertz CT molecular complexity index is 463. The summed E-state index contributed by atoms with van der Waals surface area (Å²) in [7, 11) is 0. The van der Waals surface area contributed by atoms with Gasteiger partial charge in [0.15, 0.2) is 0 Å². The van der Waals surface area contributed by atoms with Gasteiger partial charge in [-0.25, -0.2) is 4.39 Å². The van der Waals surface area contributed by atoms with E-state index in [0.29, 0.717) is 0 Å². The van der Waals surface area contributed by atoms with Crippen LogP contribution in [0.2, 0.25) is 0 Å². The lowest BCUT2D eigenvalue weighted by molar-refractivity contribution is 0.629. The van der Waals surface area contributed by atoms with Crippen LogP contribution in [0.4, 0.5) is 4.39 Å². The molecule has 2 rings (SSSR count). The van der Waals surface area contributed by atoms with Crippen LogP contribution in [0.5, 0.6) is 0 Å². The molecule has 0 aliphatic carbocycles. The zero-order chi connectivity index (χ0) is 10.1. The highest BCUT2D eigenvalue weighted by Crippen LogP contribution is 2.23. The standard InChI is InChI=1S/C12H12FN/c1-8(14)11-4-2-3-9-7-10(13)5-6-12(9)11/h2-8H,14H2,1H3. The minimum atomic E-state index is -0.209. The van der Waals surface area contributed by atoms with Crippen molar-refractivity contribution in [1.29, 1.82) is 0 Å². The first kappa shape index (κ1) is 9.16. The lowest BCUT2D eigenvalue weighted by Crippen LogP contribution is -2.05. The molecule has 0 aliphatic rings. The normalized spacial score (nSPS) is 13.1. The first-order chi connectivity index (χ1) is 6.68. The van der Waals surface area contributed by atoms with Crippen LogP contribution in [-0.2, 0) is 0 Å². The molecule has 0 amide bonds. The second kappa shape index (κ2) is 3.39. The Morgan fingerprint density at radius 2 is 2.00 bits per heavy atom. The van der Waals surface area contributed by atoms with Gasteiger partial charge in [0.2, 0.25) is 0 Å². The van der Waals surface area contributed by atoms with Crippen LogP contribution in [-0.4, -0.2) is 0 Å². The summed E-state index contributed by atoms with van der Waals surface area (Å²) < 4.78 is 12.9. The zero-order valence-corrected chi connectivity index (χ0v) is 8.00. The minimum absolute atomic E-state index is 0.0239. The van der Waals surface area contributed by atoms with Gasteiger partial charge in [-0.15, -0.1) is 0 Å². The highest BCUT2D eigenvalue weighted by molar-refractivity contribution is 5.86. The monoisotopic (exact) mass is 189 g/mol. The third kappa shape index (κ3) is 1.49. The van der Waals surface area contributed by atoms with Gasteiger partial charge in [0.1, 0.15) is 5.82 Å². The molecular weight excluding hydrogens is 177 g/mol. The average molecular weight is 189 g/mol. The van der Waals surface area contributed by atoms with Crippen molar-refractivity contribution in [1.82, 2.24) is 0 Å². The van der Waals surface area contributed by atoms with Crippen molar-refractivity contribution in [3.8, 4) is 0 Å². The Labute approximate surface area is 82.3 Å². The quantitative estimate of drug-likeness (QED) is 0.733. The molecule has 1 unspecified atom stereocenters. The predicted octanol–water partition coefficient (Wildman–Crippen LogP) is 3.00. The van der Waals surface area contributed by atoms with Gasteiger partial charge in [-0.3, -0.25) is 0 Å². The summed E-state index contributed by atoms with van der Waals surface area (Å²) in [6.07, 6.45) is 0. The summed E-state index contributed by atoms with van der Waals surface area (Å²) in [6.45, 7) is 1.93. The maximum atomic E-state index is 12.9. The summed E-state index contributed by atoms with van der Waals surface area (Å²) >= 11 is 0. The lowest BCUT2D eigenvalue weighted by Gasteiger charge is -2.09. The number of hydrogen-bond donors (Lipinski definition) is 1. The fourth-order valence-corrected chi connectivity index (χ4v) is 1.68. The van der Waals surface area contributed by atoms with Gasteiger partial charge in [0, 0.05) is 6.04 Å². The highest BCUT2D eigenvalue weighted by atomic mass is 19.1. The van der Waals surface area contributed by atoms with Gasteiger partial charge in [0.25, 0.3) is 0 Å². The van der Waals surface area contributed by atoms with Crippen LogP contribution in [0.1, 0.15) is 18.5 Å². The summed E-state index contributed by atoms with van der Waals surface area (Å²) in [5.74, 6) is -0.209. The maximum Gasteiger partial charge on any atom is 0.123 e. The number of rotatable bonds is 1. The molecule has 0 saturated carbocycles. The fraction of sp³-hybridized carbons (Fsp3) is 0.167. The van der Waals surface area contributed by atoms with Crippen molar-refractivity contribution in [2.24, 2.45) is 5.73 Å². The van der Waals surface area contributed by atoms with Crippen LogP contribution in [0.15, 0.2) is 36.4 Å². The van der Waals surface area contributed by atoms with Crippen molar-refractivity contribution in [2.45, 2.75) is 13.0 Å². The lowest BCUT2D eigenvalue weighted by atomic mass is 10.0. The molecule has 0 aromatic heterocycles. The topological polar surface area (TPSA) is 26.0 Å². The molecule has 0 radical (unpaired) electrons.